The largest absolute Gasteiger partial charge is 0.497 e. The van der Waals surface area contributed by atoms with Gasteiger partial charge in [-0.15, -0.1) is 0 Å². The standard InChI is InChI=1S/C18H22N4O2/c1-24-16-5-2-4-15(9-16)21-12-14(8-18(21)23)19-10-13-11-20-22-7-3-6-17(13)22/h2,4-5,9,11,14,19H,3,6-8,10,12H2,1H3. The van der Waals surface area contributed by atoms with Gasteiger partial charge in [0.2, 0.25) is 5.91 Å². The first kappa shape index (κ1) is 15.2. The smallest absolute Gasteiger partial charge is 0.228 e. The van der Waals surface area contributed by atoms with Gasteiger partial charge in [-0.3, -0.25) is 9.48 Å². The molecule has 1 amide bonds. The first-order chi connectivity index (χ1) is 11.7. The summed E-state index contributed by atoms with van der Waals surface area (Å²) in [5.74, 6) is 0.924. The molecule has 1 saturated heterocycles. The van der Waals surface area contributed by atoms with Gasteiger partial charge in [0.1, 0.15) is 5.75 Å². The summed E-state index contributed by atoms with van der Waals surface area (Å²) in [7, 11) is 1.64. The molecule has 1 unspecified atom stereocenters. The molecule has 1 aromatic heterocycles. The van der Waals surface area contributed by atoms with E-state index in [-0.39, 0.29) is 11.9 Å². The second kappa shape index (κ2) is 6.28. The summed E-state index contributed by atoms with van der Waals surface area (Å²) in [6, 6.07) is 7.83. The molecule has 0 aliphatic carbocycles. The number of fused-ring (bicyclic) bond motifs is 1. The van der Waals surface area contributed by atoms with Gasteiger partial charge in [0.05, 0.1) is 13.3 Å². The molecule has 6 heteroatoms. The third kappa shape index (κ3) is 2.78. The van der Waals surface area contributed by atoms with Gasteiger partial charge in [-0.1, -0.05) is 6.07 Å². The van der Waals surface area contributed by atoms with Crippen molar-refractivity contribution in [3.05, 3.63) is 41.7 Å². The molecule has 2 aromatic rings. The molecule has 1 fully saturated rings. The van der Waals surface area contributed by atoms with Crippen molar-refractivity contribution in [2.75, 3.05) is 18.6 Å². The SMILES string of the molecule is COc1cccc(N2CC(NCc3cnn4c3CCC4)CC2=O)c1. The Bertz CT molecular complexity index is 755. The number of carbonyl (C=O) groups is 1. The Hall–Kier alpha value is -2.34. The molecule has 3 heterocycles. The Morgan fingerprint density at radius 2 is 2.33 bits per heavy atom. The summed E-state index contributed by atoms with van der Waals surface area (Å²) in [6.45, 7) is 2.50. The van der Waals surface area contributed by atoms with Crippen LogP contribution in [0.2, 0.25) is 0 Å². The Morgan fingerprint density at radius 3 is 3.21 bits per heavy atom. The lowest BCUT2D eigenvalue weighted by Gasteiger charge is -2.18. The molecule has 126 valence electrons. The number of nitrogens with zero attached hydrogens (tertiary/aromatic N) is 3. The fourth-order valence-corrected chi connectivity index (χ4v) is 3.60. The Morgan fingerprint density at radius 1 is 1.42 bits per heavy atom. The maximum Gasteiger partial charge on any atom is 0.228 e. The van der Waals surface area contributed by atoms with Crippen molar-refractivity contribution in [1.29, 1.82) is 0 Å². The quantitative estimate of drug-likeness (QED) is 0.909. The summed E-state index contributed by atoms with van der Waals surface area (Å²) in [5, 5.41) is 7.95. The molecule has 0 radical (unpaired) electrons. The Labute approximate surface area is 141 Å². The number of anilines is 1. The van der Waals surface area contributed by atoms with Crippen molar-refractivity contribution < 1.29 is 9.53 Å². The van der Waals surface area contributed by atoms with Crippen LogP contribution in [0.1, 0.15) is 24.1 Å². The molecule has 1 N–H and O–H groups in total. The Balaban J connectivity index is 1.40. The van der Waals surface area contributed by atoms with Gasteiger partial charge < -0.3 is 15.0 Å². The molecular weight excluding hydrogens is 304 g/mol. The highest BCUT2D eigenvalue weighted by Crippen LogP contribution is 2.26. The average Bonchev–Trinajstić information content (AvgIpc) is 3.29. The van der Waals surface area contributed by atoms with Crippen molar-refractivity contribution in [3.8, 4) is 5.75 Å². The van der Waals surface area contributed by atoms with Gasteiger partial charge >= 0.3 is 0 Å². The van der Waals surface area contributed by atoms with Gasteiger partial charge in [0.15, 0.2) is 0 Å². The molecular formula is C18H22N4O2. The highest BCUT2D eigenvalue weighted by atomic mass is 16.5. The second-order valence-electron chi connectivity index (χ2n) is 6.43. The molecule has 0 spiro atoms. The van der Waals surface area contributed by atoms with Gasteiger partial charge in [-0.25, -0.2) is 0 Å². The number of aromatic nitrogens is 2. The molecule has 4 rings (SSSR count). The van der Waals surface area contributed by atoms with E-state index in [2.05, 4.69) is 15.1 Å². The van der Waals surface area contributed by atoms with E-state index in [0.717, 1.165) is 30.9 Å². The zero-order valence-corrected chi connectivity index (χ0v) is 13.9. The van der Waals surface area contributed by atoms with E-state index < -0.39 is 0 Å². The molecule has 2 aliphatic heterocycles. The molecule has 6 nitrogen and oxygen atoms in total. The van der Waals surface area contributed by atoms with Gasteiger partial charge in [-0.2, -0.15) is 5.10 Å². The third-order valence-corrected chi connectivity index (χ3v) is 4.89. The minimum Gasteiger partial charge on any atom is -0.497 e. The number of hydrogen-bond acceptors (Lipinski definition) is 4. The highest BCUT2D eigenvalue weighted by molar-refractivity contribution is 5.96. The van der Waals surface area contributed by atoms with E-state index in [9.17, 15) is 4.79 Å². The molecule has 0 bridgehead atoms. The summed E-state index contributed by atoms with van der Waals surface area (Å²) in [5.41, 5.74) is 3.51. The maximum atomic E-state index is 12.4. The molecule has 0 saturated carbocycles. The number of nitrogens with one attached hydrogen (secondary N) is 1. The van der Waals surface area contributed by atoms with Crippen LogP contribution < -0.4 is 15.0 Å². The lowest BCUT2D eigenvalue weighted by molar-refractivity contribution is -0.117. The van der Waals surface area contributed by atoms with Crippen LogP contribution in [0.25, 0.3) is 0 Å². The van der Waals surface area contributed by atoms with Crippen molar-refractivity contribution >= 4 is 11.6 Å². The number of methoxy groups -OCH3 is 1. The first-order valence-corrected chi connectivity index (χ1v) is 8.46. The van der Waals surface area contributed by atoms with E-state index in [1.807, 2.05) is 35.4 Å². The van der Waals surface area contributed by atoms with Crippen LogP contribution in [0.15, 0.2) is 30.5 Å². The molecule has 1 aromatic carbocycles. The van der Waals surface area contributed by atoms with E-state index >= 15 is 0 Å². The number of rotatable bonds is 5. The monoisotopic (exact) mass is 326 g/mol. The zero-order valence-electron chi connectivity index (χ0n) is 13.9. The van der Waals surface area contributed by atoms with Gasteiger partial charge in [-0.05, 0) is 25.0 Å². The minimum absolute atomic E-state index is 0.154. The van der Waals surface area contributed by atoms with Crippen molar-refractivity contribution in [2.24, 2.45) is 0 Å². The predicted octanol–water partition coefficient (Wildman–Crippen LogP) is 1.73. The first-order valence-electron chi connectivity index (χ1n) is 8.46. The zero-order chi connectivity index (χ0) is 16.5. The average molecular weight is 326 g/mol. The van der Waals surface area contributed by atoms with Crippen LogP contribution in [0.5, 0.6) is 5.75 Å². The number of benzene rings is 1. The van der Waals surface area contributed by atoms with Gasteiger partial charge in [0, 0.05) is 55.1 Å². The third-order valence-electron chi connectivity index (χ3n) is 4.89. The summed E-state index contributed by atoms with van der Waals surface area (Å²) in [4.78, 5) is 14.2. The number of ether oxygens (including phenoxy) is 1. The van der Waals surface area contributed by atoms with E-state index in [1.54, 1.807) is 7.11 Å². The number of aryl methyl sites for hydroxylation is 1. The minimum atomic E-state index is 0.154. The molecule has 24 heavy (non-hydrogen) atoms. The lowest BCUT2D eigenvalue weighted by Crippen LogP contribution is -2.32. The van der Waals surface area contributed by atoms with Crippen molar-refractivity contribution in [2.45, 2.75) is 38.4 Å². The molecule has 2 aliphatic rings. The summed E-state index contributed by atoms with van der Waals surface area (Å²) in [6.07, 6.45) is 4.77. The van der Waals surface area contributed by atoms with E-state index in [4.69, 9.17) is 4.74 Å². The van der Waals surface area contributed by atoms with Gasteiger partial charge in [0.25, 0.3) is 0 Å². The van der Waals surface area contributed by atoms with E-state index in [0.29, 0.717) is 13.0 Å². The predicted molar refractivity (Wildman–Crippen MR) is 91.1 cm³/mol. The molecule has 1 atom stereocenters. The fourth-order valence-electron chi connectivity index (χ4n) is 3.60. The fraction of sp³-hybridized carbons (Fsp3) is 0.444. The van der Waals surface area contributed by atoms with Crippen LogP contribution in [0.4, 0.5) is 5.69 Å². The van der Waals surface area contributed by atoms with Crippen LogP contribution in [-0.2, 0) is 24.3 Å². The topological polar surface area (TPSA) is 59.4 Å². The number of carbonyl (C=O) groups excluding carboxylic acids is 1. The summed E-state index contributed by atoms with van der Waals surface area (Å²) < 4.78 is 7.35. The number of amides is 1. The van der Waals surface area contributed by atoms with Crippen LogP contribution >= 0.6 is 0 Å². The van der Waals surface area contributed by atoms with Crippen molar-refractivity contribution in [1.82, 2.24) is 15.1 Å². The highest BCUT2D eigenvalue weighted by Gasteiger charge is 2.30. The van der Waals surface area contributed by atoms with Crippen molar-refractivity contribution in [3.63, 3.8) is 0 Å². The van der Waals surface area contributed by atoms with Crippen LogP contribution in [-0.4, -0.2) is 35.4 Å². The second-order valence-corrected chi connectivity index (χ2v) is 6.43. The van der Waals surface area contributed by atoms with E-state index in [1.165, 1.54) is 17.7 Å². The Kier molecular flexibility index (Phi) is 3.98. The maximum absolute atomic E-state index is 12.4. The number of hydrogen-bond donors (Lipinski definition) is 1. The van der Waals surface area contributed by atoms with Crippen LogP contribution in [0.3, 0.4) is 0 Å². The van der Waals surface area contributed by atoms with Crippen LogP contribution in [0, 0.1) is 0 Å². The normalized spacial score (nSPS) is 19.8. The summed E-state index contributed by atoms with van der Waals surface area (Å²) >= 11 is 0. The lowest BCUT2D eigenvalue weighted by atomic mass is 10.2.